The molecule has 2 N–H and O–H groups in total. The van der Waals surface area contributed by atoms with Crippen LogP contribution in [0.4, 0.5) is 4.39 Å². The van der Waals surface area contributed by atoms with E-state index in [-0.39, 0.29) is 11.5 Å². The van der Waals surface area contributed by atoms with Gasteiger partial charge in [-0.05, 0) is 30.5 Å². The Kier molecular flexibility index (Phi) is 5.34. The Morgan fingerprint density at radius 3 is 2.76 bits per heavy atom. The molecule has 0 bridgehead atoms. The fourth-order valence-electron chi connectivity index (χ4n) is 1.90. The number of aliphatic hydroxyl groups excluding tert-OH is 1. The molecular formula is C15H18FNO3S. The maximum atomic E-state index is 13.9. The van der Waals surface area contributed by atoms with Crippen LogP contribution in [0.3, 0.4) is 0 Å². The first kappa shape index (κ1) is 16.0. The van der Waals surface area contributed by atoms with Crippen molar-refractivity contribution in [3.05, 3.63) is 29.6 Å². The van der Waals surface area contributed by atoms with E-state index in [2.05, 4.69) is 16.6 Å². The van der Waals surface area contributed by atoms with E-state index in [1.807, 2.05) is 0 Å². The van der Waals surface area contributed by atoms with Gasteiger partial charge < -0.3 is 5.11 Å². The van der Waals surface area contributed by atoms with Crippen molar-refractivity contribution in [2.75, 3.05) is 13.2 Å². The minimum absolute atomic E-state index is 0.0626. The predicted molar refractivity (Wildman–Crippen MR) is 77.5 cm³/mol. The van der Waals surface area contributed by atoms with Crippen LogP contribution in [-0.4, -0.2) is 26.7 Å². The van der Waals surface area contributed by atoms with Crippen molar-refractivity contribution in [3.8, 4) is 11.8 Å². The molecule has 0 atom stereocenters. The van der Waals surface area contributed by atoms with E-state index in [1.54, 1.807) is 0 Å². The van der Waals surface area contributed by atoms with Gasteiger partial charge in [0.1, 0.15) is 10.7 Å². The molecule has 0 saturated heterocycles. The highest BCUT2D eigenvalue weighted by molar-refractivity contribution is 7.89. The lowest BCUT2D eigenvalue weighted by atomic mass is 10.2. The van der Waals surface area contributed by atoms with Crippen molar-refractivity contribution in [1.29, 1.82) is 0 Å². The largest absolute Gasteiger partial charge is 0.395 e. The van der Waals surface area contributed by atoms with E-state index < -0.39 is 15.8 Å². The highest BCUT2D eigenvalue weighted by Crippen LogP contribution is 2.31. The van der Waals surface area contributed by atoms with E-state index >= 15 is 0 Å². The molecule has 114 valence electrons. The Hall–Kier alpha value is -1.42. The van der Waals surface area contributed by atoms with Gasteiger partial charge in [0.2, 0.25) is 10.0 Å². The van der Waals surface area contributed by atoms with Crippen molar-refractivity contribution < 1.29 is 17.9 Å². The molecule has 0 unspecified atom stereocenters. The highest BCUT2D eigenvalue weighted by atomic mass is 32.2. The van der Waals surface area contributed by atoms with Gasteiger partial charge in [0.15, 0.2) is 0 Å². The standard InChI is InChI=1S/C15H18FNO3S/c16-14-11-13(3-1-2-10-18)6-7-15(14)21(19,20)17-9-8-12-4-5-12/h6-7,11-12,17-18H,2,4-5,8-10H2. The lowest BCUT2D eigenvalue weighted by Crippen LogP contribution is -2.26. The fraction of sp³-hybridized carbons (Fsp3) is 0.467. The number of halogens is 1. The van der Waals surface area contributed by atoms with Crippen LogP contribution in [0.5, 0.6) is 0 Å². The lowest BCUT2D eigenvalue weighted by Gasteiger charge is -2.07. The molecule has 0 radical (unpaired) electrons. The van der Waals surface area contributed by atoms with E-state index in [0.717, 1.165) is 25.3 Å². The normalized spacial score (nSPS) is 14.6. The number of hydrogen-bond acceptors (Lipinski definition) is 3. The molecule has 1 fully saturated rings. The molecule has 21 heavy (non-hydrogen) atoms. The van der Waals surface area contributed by atoms with Crippen LogP contribution in [0, 0.1) is 23.6 Å². The van der Waals surface area contributed by atoms with Crippen LogP contribution in [0.2, 0.25) is 0 Å². The van der Waals surface area contributed by atoms with Crippen molar-refractivity contribution in [2.24, 2.45) is 5.92 Å². The van der Waals surface area contributed by atoms with Gasteiger partial charge in [-0.25, -0.2) is 17.5 Å². The number of benzene rings is 1. The molecular weight excluding hydrogens is 293 g/mol. The second-order valence-corrected chi connectivity index (χ2v) is 6.79. The van der Waals surface area contributed by atoms with Gasteiger partial charge in [0.25, 0.3) is 0 Å². The highest BCUT2D eigenvalue weighted by Gasteiger charge is 2.23. The first-order valence-electron chi connectivity index (χ1n) is 6.92. The van der Waals surface area contributed by atoms with Crippen LogP contribution < -0.4 is 4.72 Å². The minimum atomic E-state index is -3.81. The Bertz CT molecular complexity index is 657. The molecule has 4 nitrogen and oxygen atoms in total. The molecule has 1 aromatic rings. The zero-order valence-corrected chi connectivity index (χ0v) is 12.4. The van der Waals surface area contributed by atoms with Crippen molar-refractivity contribution >= 4 is 10.0 Å². The van der Waals surface area contributed by atoms with Gasteiger partial charge in [0.05, 0.1) is 6.61 Å². The third-order valence-electron chi connectivity index (χ3n) is 3.23. The minimum Gasteiger partial charge on any atom is -0.395 e. The summed E-state index contributed by atoms with van der Waals surface area (Å²) < 4.78 is 40.4. The molecule has 1 aliphatic rings. The van der Waals surface area contributed by atoms with Crippen LogP contribution in [-0.2, 0) is 10.0 Å². The third kappa shape index (κ3) is 4.81. The Balaban J connectivity index is 2.06. The molecule has 2 rings (SSSR count). The molecule has 0 aliphatic heterocycles. The van der Waals surface area contributed by atoms with Crippen LogP contribution in [0.1, 0.15) is 31.2 Å². The van der Waals surface area contributed by atoms with Gasteiger partial charge in [-0.1, -0.05) is 24.7 Å². The topological polar surface area (TPSA) is 66.4 Å². The average molecular weight is 311 g/mol. The number of rotatable bonds is 6. The van der Waals surface area contributed by atoms with Crippen LogP contribution in [0.15, 0.2) is 23.1 Å². The maximum Gasteiger partial charge on any atom is 0.243 e. The first-order chi connectivity index (χ1) is 10.0. The number of sulfonamides is 1. The summed E-state index contributed by atoms with van der Waals surface area (Å²) in [6.07, 6.45) is 3.39. The quantitative estimate of drug-likeness (QED) is 0.785. The monoisotopic (exact) mass is 311 g/mol. The van der Waals surface area contributed by atoms with Gasteiger partial charge in [0, 0.05) is 18.5 Å². The van der Waals surface area contributed by atoms with Crippen LogP contribution in [0.25, 0.3) is 0 Å². The number of aliphatic hydroxyl groups is 1. The summed E-state index contributed by atoms with van der Waals surface area (Å²) in [6, 6.07) is 3.78. The maximum absolute atomic E-state index is 13.9. The van der Waals surface area contributed by atoms with Crippen molar-refractivity contribution in [2.45, 2.75) is 30.6 Å². The SMILES string of the molecule is O=S(=O)(NCCC1CC1)c1ccc(C#CCCO)cc1F. The Labute approximate surface area is 124 Å². The first-order valence-corrected chi connectivity index (χ1v) is 8.40. The second-order valence-electron chi connectivity index (χ2n) is 5.05. The molecule has 1 aliphatic carbocycles. The average Bonchev–Trinajstić information content (AvgIpc) is 3.23. The Morgan fingerprint density at radius 1 is 1.38 bits per heavy atom. The number of hydrogen-bond donors (Lipinski definition) is 2. The molecule has 1 aromatic carbocycles. The summed E-state index contributed by atoms with van der Waals surface area (Å²) in [5.41, 5.74) is 0.387. The molecule has 0 spiro atoms. The third-order valence-corrected chi connectivity index (χ3v) is 4.73. The van der Waals surface area contributed by atoms with Gasteiger partial charge >= 0.3 is 0 Å². The number of nitrogens with one attached hydrogen (secondary N) is 1. The summed E-state index contributed by atoms with van der Waals surface area (Å²) in [6.45, 7) is 0.275. The van der Waals surface area contributed by atoms with Crippen LogP contribution >= 0.6 is 0 Å². The van der Waals surface area contributed by atoms with Crippen molar-refractivity contribution in [1.82, 2.24) is 4.72 Å². The summed E-state index contributed by atoms with van der Waals surface area (Å²) in [4.78, 5) is -0.356. The Morgan fingerprint density at radius 2 is 2.14 bits per heavy atom. The van der Waals surface area contributed by atoms with E-state index in [4.69, 9.17) is 5.11 Å². The predicted octanol–water partition coefficient (Wildman–Crippen LogP) is 1.64. The molecule has 0 heterocycles. The van der Waals surface area contributed by atoms with Gasteiger partial charge in [-0.15, -0.1) is 0 Å². The van der Waals surface area contributed by atoms with Gasteiger partial charge in [-0.2, -0.15) is 0 Å². The smallest absolute Gasteiger partial charge is 0.243 e. The lowest BCUT2D eigenvalue weighted by molar-refractivity contribution is 0.305. The zero-order valence-electron chi connectivity index (χ0n) is 11.6. The van der Waals surface area contributed by atoms with Crippen molar-refractivity contribution in [3.63, 3.8) is 0 Å². The molecule has 0 aromatic heterocycles. The summed E-state index contributed by atoms with van der Waals surface area (Å²) in [7, 11) is -3.81. The fourth-order valence-corrected chi connectivity index (χ4v) is 3.00. The van der Waals surface area contributed by atoms with E-state index in [0.29, 0.717) is 24.4 Å². The molecule has 6 heteroatoms. The summed E-state index contributed by atoms with van der Waals surface area (Å²) >= 11 is 0. The molecule has 0 amide bonds. The second kappa shape index (κ2) is 7.03. The molecule has 1 saturated carbocycles. The van der Waals surface area contributed by atoms with E-state index in [1.165, 1.54) is 12.1 Å². The van der Waals surface area contributed by atoms with Gasteiger partial charge in [-0.3, -0.25) is 0 Å². The summed E-state index contributed by atoms with van der Waals surface area (Å²) in [5, 5.41) is 8.61. The zero-order chi connectivity index (χ0) is 15.3. The summed E-state index contributed by atoms with van der Waals surface area (Å²) in [5.74, 6) is 5.12. The van der Waals surface area contributed by atoms with E-state index in [9.17, 15) is 12.8 Å².